The summed E-state index contributed by atoms with van der Waals surface area (Å²) in [4.78, 5) is 12.8. The number of ether oxygens (including phenoxy) is 1. The lowest BCUT2D eigenvalue weighted by Gasteiger charge is -2.45. The van der Waals surface area contributed by atoms with Crippen molar-refractivity contribution < 1.29 is 28.0 Å². The minimum atomic E-state index is -2.07. The fourth-order valence-corrected chi connectivity index (χ4v) is 9.49. The van der Waals surface area contributed by atoms with E-state index in [1.54, 1.807) is 0 Å². The Bertz CT molecular complexity index is 832. The summed E-state index contributed by atoms with van der Waals surface area (Å²) < 4.78 is 30.4. The van der Waals surface area contributed by atoms with E-state index in [2.05, 4.69) is 138 Å². The Balaban J connectivity index is 5.21. The van der Waals surface area contributed by atoms with E-state index in [-0.39, 0.29) is 27.7 Å². The third kappa shape index (κ3) is 16.2. The summed E-state index contributed by atoms with van der Waals surface area (Å²) in [6, 6.07) is 1.41. The van der Waals surface area contributed by atoms with Crippen LogP contribution in [-0.4, -0.2) is 111 Å². The molecule has 0 atom stereocenters. The number of aliphatic hydroxyl groups is 1. The summed E-state index contributed by atoms with van der Waals surface area (Å²) >= 11 is 1.18. The number of hydrogen-bond donors (Lipinski definition) is 2. The zero-order valence-electron chi connectivity index (χ0n) is 33.7. The third-order valence-electron chi connectivity index (χ3n) is 9.41. The van der Waals surface area contributed by atoms with Gasteiger partial charge in [-0.1, -0.05) is 53.3 Å². The Hall–Kier alpha value is 0.564. The third-order valence-corrected chi connectivity index (χ3v) is 22.2. The zero-order valence-corrected chi connectivity index (χ0v) is 37.4. The molecular formula is C34H76N3O6PSSi2. The molecule has 0 fully saturated rings. The maximum Gasteiger partial charge on any atom is 0.192 e. The van der Waals surface area contributed by atoms with E-state index in [1.807, 2.05) is 0 Å². The van der Waals surface area contributed by atoms with Crippen molar-refractivity contribution in [3.8, 4) is 0 Å². The fraction of sp³-hybridized carbons (Fsp3) is 0.971. The molecule has 13 heteroatoms. The Labute approximate surface area is 298 Å². The molecule has 47 heavy (non-hydrogen) atoms. The molecule has 0 aliphatic heterocycles. The van der Waals surface area contributed by atoms with Gasteiger partial charge in [0.2, 0.25) is 0 Å². The summed E-state index contributed by atoms with van der Waals surface area (Å²) in [5.41, 5.74) is -0.790. The monoisotopic (exact) mass is 741 g/mol. The molecule has 0 rings (SSSR count). The van der Waals surface area contributed by atoms with Crippen molar-refractivity contribution in [3.63, 3.8) is 0 Å². The van der Waals surface area contributed by atoms with Crippen LogP contribution >= 0.6 is 20.2 Å². The quantitative estimate of drug-likeness (QED) is 0.0460. The Morgan fingerprint density at radius 1 is 0.766 bits per heavy atom. The average molecular weight is 742 g/mol. The highest BCUT2D eigenvalue weighted by atomic mass is 32.2. The number of carbonyl (C=O) groups is 1. The van der Waals surface area contributed by atoms with Gasteiger partial charge >= 0.3 is 0 Å². The summed E-state index contributed by atoms with van der Waals surface area (Å²) in [7, 11) is -5.11. The minimum Gasteiger partial charge on any atom is -0.415 e. The molecule has 0 saturated carbocycles. The SMILES string of the molecule is CC(C)N(C(C)C)P(OCCOCSC(=O)CCNC(CO)(CO[Si](C)(C)C(C)(C)C)CO[Si](C)(C)C(C)(C)C)N(C(C)C)C(C)C. The Morgan fingerprint density at radius 3 is 1.51 bits per heavy atom. The first-order valence-electron chi connectivity index (χ1n) is 17.6. The molecule has 0 unspecified atom stereocenters. The van der Waals surface area contributed by atoms with Crippen LogP contribution in [0.2, 0.25) is 36.3 Å². The van der Waals surface area contributed by atoms with Crippen LogP contribution in [0.3, 0.4) is 0 Å². The van der Waals surface area contributed by atoms with E-state index in [0.29, 0.717) is 63.6 Å². The molecule has 0 aromatic heterocycles. The van der Waals surface area contributed by atoms with Crippen LogP contribution in [-0.2, 0) is 22.9 Å². The van der Waals surface area contributed by atoms with Crippen molar-refractivity contribution >= 4 is 42.0 Å². The van der Waals surface area contributed by atoms with Crippen LogP contribution < -0.4 is 5.32 Å². The van der Waals surface area contributed by atoms with Crippen LogP contribution in [0.15, 0.2) is 0 Å². The summed E-state index contributed by atoms with van der Waals surface area (Å²) in [6.45, 7) is 41.7. The minimum absolute atomic E-state index is 0.0402. The maximum absolute atomic E-state index is 12.8. The Kier molecular flexibility index (Phi) is 20.8. The van der Waals surface area contributed by atoms with Crippen molar-refractivity contribution in [2.45, 2.75) is 169 Å². The van der Waals surface area contributed by atoms with Crippen LogP contribution in [0.1, 0.15) is 103 Å². The van der Waals surface area contributed by atoms with Crippen LogP contribution in [0.5, 0.6) is 0 Å². The lowest BCUT2D eigenvalue weighted by Crippen LogP contribution is -2.60. The number of carbonyl (C=O) groups excluding carboxylic acids is 1. The highest BCUT2D eigenvalue weighted by molar-refractivity contribution is 8.13. The molecule has 282 valence electrons. The van der Waals surface area contributed by atoms with Gasteiger partial charge in [-0.15, -0.1) is 0 Å². The van der Waals surface area contributed by atoms with E-state index in [0.717, 1.165) is 0 Å². The van der Waals surface area contributed by atoms with E-state index < -0.39 is 30.6 Å². The molecule has 0 amide bonds. The van der Waals surface area contributed by atoms with Gasteiger partial charge in [0.1, 0.15) is 0 Å². The second kappa shape index (κ2) is 20.6. The van der Waals surface area contributed by atoms with Gasteiger partial charge in [-0.05, 0) is 91.7 Å². The van der Waals surface area contributed by atoms with Crippen molar-refractivity contribution in [2.24, 2.45) is 0 Å². The van der Waals surface area contributed by atoms with Gasteiger partial charge in [-0.25, -0.2) is 9.34 Å². The second-order valence-corrected chi connectivity index (χ2v) is 29.3. The van der Waals surface area contributed by atoms with E-state index in [1.165, 1.54) is 11.8 Å². The first-order chi connectivity index (χ1) is 21.2. The molecule has 9 nitrogen and oxygen atoms in total. The van der Waals surface area contributed by atoms with Gasteiger partial charge in [0.15, 0.2) is 30.2 Å². The van der Waals surface area contributed by atoms with Gasteiger partial charge in [-0.2, -0.15) is 0 Å². The topological polar surface area (TPSA) is 92.7 Å². The first-order valence-corrected chi connectivity index (χ1v) is 25.6. The highest BCUT2D eigenvalue weighted by Crippen LogP contribution is 2.50. The average Bonchev–Trinajstić information content (AvgIpc) is 2.89. The highest BCUT2D eigenvalue weighted by Gasteiger charge is 2.43. The predicted molar refractivity (Wildman–Crippen MR) is 209 cm³/mol. The number of nitrogens with one attached hydrogen (secondary N) is 1. The molecule has 0 bridgehead atoms. The number of thioether (sulfide) groups is 1. The molecule has 0 radical (unpaired) electrons. The molecule has 0 aromatic rings. The van der Waals surface area contributed by atoms with Gasteiger partial charge < -0.3 is 28.5 Å². The van der Waals surface area contributed by atoms with Gasteiger partial charge in [-0.3, -0.25) is 4.79 Å². The van der Waals surface area contributed by atoms with Crippen LogP contribution in [0, 0.1) is 0 Å². The van der Waals surface area contributed by atoms with Crippen molar-refractivity contribution in [1.29, 1.82) is 0 Å². The Morgan fingerprint density at radius 2 is 1.17 bits per heavy atom. The lowest BCUT2D eigenvalue weighted by atomic mass is 10.0. The normalized spacial score (nSPS) is 14.3. The smallest absolute Gasteiger partial charge is 0.192 e. The zero-order chi connectivity index (χ0) is 37.0. The second-order valence-electron chi connectivity index (χ2n) is 17.0. The summed E-state index contributed by atoms with van der Waals surface area (Å²) in [5, 5.41) is 14.3. The standard InChI is InChI=1S/C34H76N3O6PSSi2/c1-27(2)36(28(3)4)44(37(29(5)6)30(7)8)41-22-21-40-26-45-31(39)19-20-35-34(23-38,24-42-46(15,16)32(9,10)11)25-43-47(17,18)33(12,13)14/h27-30,35,38H,19-26H2,1-18H3. The largest absolute Gasteiger partial charge is 0.415 e. The van der Waals surface area contributed by atoms with E-state index in [4.69, 9.17) is 18.1 Å². The maximum atomic E-state index is 12.8. The van der Waals surface area contributed by atoms with Gasteiger partial charge in [0, 0.05) is 37.1 Å². The first kappa shape index (κ1) is 47.6. The van der Waals surface area contributed by atoms with Gasteiger partial charge in [0.05, 0.1) is 44.5 Å². The molecule has 0 aliphatic rings. The van der Waals surface area contributed by atoms with Crippen molar-refractivity contribution in [3.05, 3.63) is 0 Å². The molecule has 2 N–H and O–H groups in total. The fourth-order valence-electron chi connectivity index (χ4n) is 4.44. The van der Waals surface area contributed by atoms with Gasteiger partial charge in [0.25, 0.3) is 0 Å². The number of hydrogen-bond acceptors (Lipinski definition) is 10. The summed E-state index contributed by atoms with van der Waals surface area (Å²) in [6.07, 6.45) is 0.313. The summed E-state index contributed by atoms with van der Waals surface area (Å²) in [5.74, 6) is 0.282. The van der Waals surface area contributed by atoms with Crippen molar-refractivity contribution in [1.82, 2.24) is 14.7 Å². The molecule has 0 spiro atoms. The van der Waals surface area contributed by atoms with Crippen molar-refractivity contribution in [2.75, 3.05) is 45.5 Å². The molecule has 0 saturated heterocycles. The molecule has 0 aliphatic carbocycles. The molecular weight excluding hydrogens is 666 g/mol. The van der Waals surface area contributed by atoms with Crippen LogP contribution in [0.25, 0.3) is 0 Å². The van der Waals surface area contributed by atoms with E-state index in [9.17, 15) is 9.90 Å². The molecule has 0 aromatic carbocycles. The lowest BCUT2D eigenvalue weighted by molar-refractivity contribution is -0.111. The predicted octanol–water partition coefficient (Wildman–Crippen LogP) is 8.46. The van der Waals surface area contributed by atoms with Crippen LogP contribution in [0.4, 0.5) is 0 Å². The molecule has 0 heterocycles. The number of rotatable bonds is 23. The number of aliphatic hydroxyl groups excluding tert-OH is 1. The van der Waals surface area contributed by atoms with E-state index >= 15 is 0 Å². The number of nitrogens with zero attached hydrogens (tertiary/aromatic N) is 2.